The zero-order chi connectivity index (χ0) is 15.9. The summed E-state index contributed by atoms with van der Waals surface area (Å²) in [6.45, 7) is 1.82. The molecule has 1 amide bonds. The van der Waals surface area contributed by atoms with Gasteiger partial charge in [0.1, 0.15) is 0 Å². The summed E-state index contributed by atoms with van der Waals surface area (Å²) in [6.07, 6.45) is 7.96. The van der Waals surface area contributed by atoms with E-state index in [0.29, 0.717) is 18.0 Å². The molecule has 3 aliphatic rings. The first-order chi connectivity index (χ1) is 11.2. The van der Waals surface area contributed by atoms with Crippen molar-refractivity contribution in [3.63, 3.8) is 0 Å². The van der Waals surface area contributed by atoms with Crippen molar-refractivity contribution >= 4 is 21.8 Å². The van der Waals surface area contributed by atoms with Crippen molar-refractivity contribution in [1.82, 2.24) is 10.2 Å². The molecular formula is C19H25BrN2O. The molecule has 2 aliphatic heterocycles. The molecule has 2 heterocycles. The molecule has 2 unspecified atom stereocenters. The molecule has 1 N–H and O–H groups in total. The number of carbonyl (C=O) groups excluding carboxylic acids is 1. The number of halogens is 1. The minimum atomic E-state index is -0.274. The van der Waals surface area contributed by atoms with Crippen LogP contribution in [-0.2, 0) is 10.2 Å². The molecule has 0 spiro atoms. The van der Waals surface area contributed by atoms with Crippen molar-refractivity contribution in [3.8, 4) is 0 Å². The number of fused-ring (bicyclic) bond motifs is 2. The fourth-order valence-electron chi connectivity index (χ4n) is 4.80. The van der Waals surface area contributed by atoms with Crippen LogP contribution in [0.1, 0.15) is 50.5 Å². The van der Waals surface area contributed by atoms with Gasteiger partial charge in [-0.15, -0.1) is 0 Å². The third kappa shape index (κ3) is 2.85. The largest absolute Gasteiger partial charge is 0.340 e. The van der Waals surface area contributed by atoms with Gasteiger partial charge in [0, 0.05) is 29.6 Å². The Labute approximate surface area is 146 Å². The normalized spacial score (nSPS) is 29.5. The van der Waals surface area contributed by atoms with Crippen molar-refractivity contribution in [1.29, 1.82) is 0 Å². The number of nitrogens with one attached hydrogen (secondary N) is 1. The molecule has 1 aromatic carbocycles. The summed E-state index contributed by atoms with van der Waals surface area (Å²) >= 11 is 3.51. The highest BCUT2D eigenvalue weighted by molar-refractivity contribution is 9.10. The number of benzene rings is 1. The summed E-state index contributed by atoms with van der Waals surface area (Å²) in [7, 11) is 0. The Balaban J connectivity index is 1.61. The summed E-state index contributed by atoms with van der Waals surface area (Å²) in [4.78, 5) is 15.7. The van der Waals surface area contributed by atoms with Gasteiger partial charge in [-0.3, -0.25) is 4.79 Å². The smallest absolute Gasteiger partial charge is 0.233 e. The summed E-state index contributed by atoms with van der Waals surface area (Å²) in [6, 6.07) is 9.59. The standard InChI is InChI=1S/C19H25BrN2O/c20-15-5-3-14(4-6-15)19(10-1-2-11-19)18(23)22-12-9-16-7-8-17(13-22)21-16/h3-6,16-17,21H,1-2,7-13H2. The van der Waals surface area contributed by atoms with Crippen LogP contribution < -0.4 is 5.32 Å². The van der Waals surface area contributed by atoms with Gasteiger partial charge in [0.25, 0.3) is 0 Å². The predicted molar refractivity (Wildman–Crippen MR) is 95.4 cm³/mol. The minimum absolute atomic E-state index is 0.274. The maximum atomic E-state index is 13.5. The monoisotopic (exact) mass is 376 g/mol. The second kappa shape index (κ2) is 6.21. The molecule has 124 valence electrons. The Morgan fingerprint density at radius 1 is 1.09 bits per heavy atom. The topological polar surface area (TPSA) is 32.3 Å². The molecule has 0 radical (unpaired) electrons. The van der Waals surface area contributed by atoms with Crippen molar-refractivity contribution in [2.45, 2.75) is 62.4 Å². The van der Waals surface area contributed by atoms with Gasteiger partial charge in [-0.25, -0.2) is 0 Å². The van der Waals surface area contributed by atoms with E-state index in [1.165, 1.54) is 31.2 Å². The molecule has 2 saturated heterocycles. The lowest BCUT2D eigenvalue weighted by Crippen LogP contribution is -2.48. The van der Waals surface area contributed by atoms with Crippen LogP contribution in [0.15, 0.2) is 28.7 Å². The van der Waals surface area contributed by atoms with Crippen molar-refractivity contribution in [2.75, 3.05) is 13.1 Å². The molecule has 1 saturated carbocycles. The van der Waals surface area contributed by atoms with Crippen LogP contribution in [0.2, 0.25) is 0 Å². The Morgan fingerprint density at radius 2 is 1.78 bits per heavy atom. The highest BCUT2D eigenvalue weighted by atomic mass is 79.9. The van der Waals surface area contributed by atoms with Gasteiger partial charge in [0.05, 0.1) is 5.41 Å². The molecule has 1 aliphatic carbocycles. The van der Waals surface area contributed by atoms with Crippen molar-refractivity contribution < 1.29 is 4.79 Å². The van der Waals surface area contributed by atoms with Crippen LogP contribution in [0.25, 0.3) is 0 Å². The van der Waals surface area contributed by atoms with Gasteiger partial charge < -0.3 is 10.2 Å². The SMILES string of the molecule is O=C(N1CCC2CCC(C1)N2)C1(c2ccc(Br)cc2)CCCC1. The highest BCUT2D eigenvalue weighted by Crippen LogP contribution is 2.43. The third-order valence-corrected chi connectivity index (χ3v) is 6.60. The molecule has 23 heavy (non-hydrogen) atoms. The molecule has 4 rings (SSSR count). The average molecular weight is 377 g/mol. The van der Waals surface area contributed by atoms with E-state index in [4.69, 9.17) is 0 Å². The predicted octanol–water partition coefficient (Wildman–Crippen LogP) is 3.61. The number of hydrogen-bond donors (Lipinski definition) is 1. The first kappa shape index (κ1) is 15.6. The maximum absolute atomic E-state index is 13.5. The van der Waals surface area contributed by atoms with E-state index < -0.39 is 0 Å². The van der Waals surface area contributed by atoms with Gasteiger partial charge in [-0.1, -0.05) is 40.9 Å². The van der Waals surface area contributed by atoms with Gasteiger partial charge in [-0.05, 0) is 49.8 Å². The molecule has 4 heteroatoms. The Bertz CT molecular complexity index is 580. The zero-order valence-electron chi connectivity index (χ0n) is 13.6. The summed E-state index contributed by atoms with van der Waals surface area (Å²) < 4.78 is 1.08. The first-order valence-corrected chi connectivity index (χ1v) is 9.78. The summed E-state index contributed by atoms with van der Waals surface area (Å²) in [5.41, 5.74) is 0.940. The molecule has 3 nitrogen and oxygen atoms in total. The summed E-state index contributed by atoms with van der Waals surface area (Å²) in [5, 5.41) is 3.69. The molecule has 3 fully saturated rings. The molecule has 1 aromatic rings. The third-order valence-electron chi connectivity index (χ3n) is 6.07. The number of rotatable bonds is 2. The van der Waals surface area contributed by atoms with Gasteiger partial charge in [0.2, 0.25) is 5.91 Å². The van der Waals surface area contributed by atoms with Crippen LogP contribution in [0.4, 0.5) is 0 Å². The Morgan fingerprint density at radius 3 is 2.52 bits per heavy atom. The lowest BCUT2D eigenvalue weighted by atomic mass is 9.77. The zero-order valence-corrected chi connectivity index (χ0v) is 15.1. The van der Waals surface area contributed by atoms with E-state index in [1.54, 1.807) is 0 Å². The van der Waals surface area contributed by atoms with Crippen molar-refractivity contribution in [3.05, 3.63) is 34.3 Å². The minimum Gasteiger partial charge on any atom is -0.340 e. The second-order valence-electron chi connectivity index (χ2n) is 7.47. The van der Waals surface area contributed by atoms with Crippen LogP contribution in [0.5, 0.6) is 0 Å². The number of nitrogens with zero attached hydrogens (tertiary/aromatic N) is 1. The lowest BCUT2D eigenvalue weighted by molar-refractivity contribution is -0.137. The van der Waals surface area contributed by atoms with Crippen LogP contribution in [0, 0.1) is 0 Å². The number of carbonyl (C=O) groups is 1. The molecule has 2 atom stereocenters. The summed E-state index contributed by atoms with van der Waals surface area (Å²) in [5.74, 6) is 0.381. The number of hydrogen-bond acceptors (Lipinski definition) is 2. The van der Waals surface area contributed by atoms with Crippen LogP contribution in [0.3, 0.4) is 0 Å². The highest BCUT2D eigenvalue weighted by Gasteiger charge is 2.46. The number of likely N-dealkylation sites (tertiary alicyclic amines) is 1. The van der Waals surface area contributed by atoms with Crippen molar-refractivity contribution in [2.24, 2.45) is 0 Å². The molecule has 2 bridgehead atoms. The van der Waals surface area contributed by atoms with E-state index in [0.717, 1.165) is 36.8 Å². The fraction of sp³-hybridized carbons (Fsp3) is 0.632. The van der Waals surface area contributed by atoms with Gasteiger partial charge in [-0.2, -0.15) is 0 Å². The first-order valence-electron chi connectivity index (χ1n) is 8.99. The maximum Gasteiger partial charge on any atom is 0.233 e. The van der Waals surface area contributed by atoms with E-state index in [1.807, 2.05) is 0 Å². The average Bonchev–Trinajstić information content (AvgIpc) is 3.15. The van der Waals surface area contributed by atoms with E-state index in [2.05, 4.69) is 50.4 Å². The lowest BCUT2D eigenvalue weighted by Gasteiger charge is -2.35. The second-order valence-corrected chi connectivity index (χ2v) is 8.39. The van der Waals surface area contributed by atoms with E-state index in [9.17, 15) is 4.79 Å². The van der Waals surface area contributed by atoms with Crippen LogP contribution in [-0.4, -0.2) is 36.0 Å². The van der Waals surface area contributed by atoms with Gasteiger partial charge in [0.15, 0.2) is 0 Å². The van der Waals surface area contributed by atoms with E-state index >= 15 is 0 Å². The molecule has 0 aromatic heterocycles. The van der Waals surface area contributed by atoms with E-state index in [-0.39, 0.29) is 5.41 Å². The quantitative estimate of drug-likeness (QED) is 0.854. The van der Waals surface area contributed by atoms with Gasteiger partial charge >= 0.3 is 0 Å². The van der Waals surface area contributed by atoms with Crippen LogP contribution >= 0.6 is 15.9 Å². The Kier molecular flexibility index (Phi) is 4.22. The number of amides is 1. The Hall–Kier alpha value is -0.870. The fourth-order valence-corrected chi connectivity index (χ4v) is 5.07. The molecular weight excluding hydrogens is 352 g/mol.